The number of rotatable bonds is 6. The zero-order valence-corrected chi connectivity index (χ0v) is 15.5. The van der Waals surface area contributed by atoms with Crippen LogP contribution in [-0.4, -0.2) is 24.9 Å². The summed E-state index contributed by atoms with van der Waals surface area (Å²) in [6.45, 7) is 1.96. The summed E-state index contributed by atoms with van der Waals surface area (Å²) in [7, 11) is 0. The van der Waals surface area contributed by atoms with E-state index in [1.807, 2.05) is 18.2 Å². The SMILES string of the molecule is NCc1ccc(CN)c([N+]2(CC3CCC(CN)CC3)C(=O)CCC2=O)c1. The third kappa shape index (κ3) is 3.34. The Balaban J connectivity index is 1.99. The van der Waals surface area contributed by atoms with Crippen molar-refractivity contribution in [1.29, 1.82) is 0 Å². The van der Waals surface area contributed by atoms with Gasteiger partial charge in [-0.2, -0.15) is 4.48 Å². The summed E-state index contributed by atoms with van der Waals surface area (Å²) in [4.78, 5) is 26.1. The van der Waals surface area contributed by atoms with Crippen LogP contribution in [0.25, 0.3) is 0 Å². The molecule has 6 N–H and O–H groups in total. The smallest absolute Gasteiger partial charge is 0.326 e. The van der Waals surface area contributed by atoms with Crippen molar-refractivity contribution in [1.82, 2.24) is 4.48 Å². The first-order chi connectivity index (χ1) is 12.5. The Morgan fingerprint density at radius 3 is 2.04 bits per heavy atom. The van der Waals surface area contributed by atoms with Gasteiger partial charge in [0.2, 0.25) is 0 Å². The van der Waals surface area contributed by atoms with Crippen LogP contribution in [0, 0.1) is 11.8 Å². The molecule has 2 amide bonds. The van der Waals surface area contributed by atoms with Gasteiger partial charge in [-0.25, -0.2) is 9.59 Å². The molecule has 1 aromatic carbocycles. The molecule has 6 heteroatoms. The van der Waals surface area contributed by atoms with Gasteiger partial charge in [-0.1, -0.05) is 12.1 Å². The normalized spacial score (nSPS) is 25.7. The van der Waals surface area contributed by atoms with E-state index >= 15 is 0 Å². The van der Waals surface area contributed by atoms with Crippen molar-refractivity contribution in [2.45, 2.75) is 51.6 Å². The third-order valence-corrected chi connectivity index (χ3v) is 6.25. The fraction of sp³-hybridized carbons (Fsp3) is 0.600. The van der Waals surface area contributed by atoms with Crippen LogP contribution in [0.3, 0.4) is 0 Å². The van der Waals surface area contributed by atoms with E-state index in [2.05, 4.69) is 0 Å². The lowest BCUT2D eigenvalue weighted by Crippen LogP contribution is -2.57. The van der Waals surface area contributed by atoms with Gasteiger partial charge in [0.15, 0.2) is 5.69 Å². The predicted molar refractivity (Wildman–Crippen MR) is 103 cm³/mol. The number of imide groups is 1. The molecular weight excluding hydrogens is 328 g/mol. The van der Waals surface area contributed by atoms with Crippen LogP contribution in [0.1, 0.15) is 49.7 Å². The quantitative estimate of drug-likeness (QED) is 0.527. The minimum atomic E-state index is -0.168. The van der Waals surface area contributed by atoms with Crippen molar-refractivity contribution in [2.24, 2.45) is 29.0 Å². The number of nitrogens with two attached hydrogens (primary N) is 3. The Hall–Kier alpha value is -1.60. The second-order valence-corrected chi connectivity index (χ2v) is 7.77. The summed E-state index contributed by atoms with van der Waals surface area (Å²) in [5, 5.41) is 0. The van der Waals surface area contributed by atoms with Crippen molar-refractivity contribution < 1.29 is 9.59 Å². The van der Waals surface area contributed by atoms with Crippen LogP contribution in [0.4, 0.5) is 5.69 Å². The molecule has 1 aliphatic heterocycles. The second-order valence-electron chi connectivity index (χ2n) is 7.77. The van der Waals surface area contributed by atoms with Crippen LogP contribution in [0.2, 0.25) is 0 Å². The van der Waals surface area contributed by atoms with Crippen molar-refractivity contribution in [3.8, 4) is 0 Å². The summed E-state index contributed by atoms with van der Waals surface area (Å²) in [6.07, 6.45) is 4.84. The standard InChI is InChI=1S/C20H31N4O2/c21-10-14-1-3-15(4-2-14)13-24(19(25)7-8-20(24)26)18-9-16(11-22)5-6-17(18)12-23/h5-6,9,14-15H,1-4,7-8,10-13,21-23H2/q+1. The highest BCUT2D eigenvalue weighted by Crippen LogP contribution is 2.39. The number of hydrogen-bond acceptors (Lipinski definition) is 5. The molecule has 0 aromatic heterocycles. The molecule has 0 radical (unpaired) electrons. The summed E-state index contributed by atoms with van der Waals surface area (Å²) in [5.74, 6) is 0.931. The Bertz CT molecular complexity index is 664. The van der Waals surface area contributed by atoms with Crippen LogP contribution < -0.4 is 21.7 Å². The van der Waals surface area contributed by atoms with Gasteiger partial charge in [-0.05, 0) is 43.7 Å². The lowest BCUT2D eigenvalue weighted by Gasteiger charge is -2.36. The van der Waals surface area contributed by atoms with E-state index in [0.717, 1.165) is 49.0 Å². The van der Waals surface area contributed by atoms with E-state index in [0.29, 0.717) is 44.3 Å². The maximum atomic E-state index is 13.0. The van der Waals surface area contributed by atoms with E-state index in [1.165, 1.54) is 0 Å². The average molecular weight is 359 g/mol. The monoisotopic (exact) mass is 359 g/mol. The fourth-order valence-corrected chi connectivity index (χ4v) is 4.61. The number of benzene rings is 1. The van der Waals surface area contributed by atoms with Gasteiger partial charge in [-0.3, -0.25) is 0 Å². The zero-order chi connectivity index (χ0) is 18.7. The van der Waals surface area contributed by atoms with Crippen LogP contribution in [-0.2, 0) is 22.7 Å². The molecule has 0 unspecified atom stereocenters. The summed E-state index contributed by atoms with van der Waals surface area (Å²) < 4.78 is -0.168. The zero-order valence-electron chi connectivity index (χ0n) is 15.5. The number of carbonyl (C=O) groups excluding carboxylic acids is 2. The molecule has 1 aromatic rings. The van der Waals surface area contributed by atoms with Gasteiger partial charge in [-0.15, -0.1) is 0 Å². The van der Waals surface area contributed by atoms with Gasteiger partial charge in [0.25, 0.3) is 0 Å². The van der Waals surface area contributed by atoms with E-state index in [1.54, 1.807) is 0 Å². The molecule has 26 heavy (non-hydrogen) atoms. The molecule has 1 aliphatic carbocycles. The molecule has 1 saturated heterocycles. The highest BCUT2D eigenvalue weighted by atomic mass is 16.2. The summed E-state index contributed by atoms with van der Waals surface area (Å²) in [6, 6.07) is 5.77. The molecule has 1 saturated carbocycles. The number of nitrogens with zero attached hydrogens (tertiary/aromatic N) is 1. The van der Waals surface area contributed by atoms with Crippen LogP contribution >= 0.6 is 0 Å². The lowest BCUT2D eigenvalue weighted by molar-refractivity contribution is -0.138. The molecule has 3 rings (SSSR count). The van der Waals surface area contributed by atoms with Crippen molar-refractivity contribution in [3.63, 3.8) is 0 Å². The maximum Gasteiger partial charge on any atom is 0.326 e. The molecule has 2 aliphatic rings. The number of hydrogen-bond donors (Lipinski definition) is 3. The molecule has 2 fully saturated rings. The van der Waals surface area contributed by atoms with Gasteiger partial charge in [0.05, 0.1) is 12.8 Å². The van der Waals surface area contributed by atoms with Crippen molar-refractivity contribution in [3.05, 3.63) is 29.3 Å². The Morgan fingerprint density at radius 1 is 0.885 bits per heavy atom. The first-order valence-electron chi connectivity index (χ1n) is 9.72. The van der Waals surface area contributed by atoms with E-state index in [9.17, 15) is 9.59 Å². The predicted octanol–water partition coefficient (Wildman–Crippen LogP) is 1.52. The van der Waals surface area contributed by atoms with Crippen molar-refractivity contribution in [2.75, 3.05) is 13.1 Å². The molecule has 1 heterocycles. The molecule has 6 nitrogen and oxygen atoms in total. The van der Waals surface area contributed by atoms with Gasteiger partial charge in [0.1, 0.15) is 6.54 Å². The Labute approximate surface area is 155 Å². The number of amides is 2. The molecule has 0 spiro atoms. The number of likely N-dealkylation sites (tertiary alicyclic amines) is 1. The van der Waals surface area contributed by atoms with E-state index in [4.69, 9.17) is 17.2 Å². The lowest BCUT2D eigenvalue weighted by atomic mass is 9.81. The third-order valence-electron chi connectivity index (χ3n) is 6.25. The summed E-state index contributed by atoms with van der Waals surface area (Å²) >= 11 is 0. The molecule has 0 bridgehead atoms. The minimum Gasteiger partial charge on any atom is -0.330 e. The van der Waals surface area contributed by atoms with Gasteiger partial charge < -0.3 is 17.2 Å². The van der Waals surface area contributed by atoms with Crippen LogP contribution in [0.15, 0.2) is 18.2 Å². The summed E-state index contributed by atoms with van der Waals surface area (Å²) in [5.41, 5.74) is 20.1. The highest BCUT2D eigenvalue weighted by molar-refractivity contribution is 6.14. The van der Waals surface area contributed by atoms with Crippen LogP contribution in [0.5, 0.6) is 0 Å². The average Bonchev–Trinajstić information content (AvgIpc) is 2.97. The van der Waals surface area contributed by atoms with E-state index < -0.39 is 0 Å². The fourth-order valence-electron chi connectivity index (χ4n) is 4.61. The van der Waals surface area contributed by atoms with Gasteiger partial charge in [0, 0.05) is 30.6 Å². The number of quaternary nitrogens is 1. The molecular formula is C20H31N4O2+. The first kappa shape index (κ1) is 19.2. The molecule has 142 valence electrons. The first-order valence-corrected chi connectivity index (χ1v) is 9.72. The van der Waals surface area contributed by atoms with Gasteiger partial charge >= 0.3 is 11.8 Å². The maximum absolute atomic E-state index is 13.0. The Morgan fingerprint density at radius 2 is 1.50 bits per heavy atom. The molecule has 0 atom stereocenters. The minimum absolute atomic E-state index is 0.000167. The second kappa shape index (κ2) is 7.96. The largest absolute Gasteiger partial charge is 0.330 e. The Kier molecular flexibility index (Phi) is 5.87. The topological polar surface area (TPSA) is 112 Å². The number of carbonyl (C=O) groups is 2. The van der Waals surface area contributed by atoms with Crippen molar-refractivity contribution >= 4 is 17.5 Å². The van der Waals surface area contributed by atoms with E-state index in [-0.39, 0.29) is 16.3 Å². The highest BCUT2D eigenvalue weighted by Gasteiger charge is 2.53.